The van der Waals surface area contributed by atoms with Gasteiger partial charge in [-0.25, -0.2) is 0 Å². The van der Waals surface area contributed by atoms with E-state index in [0.29, 0.717) is 11.3 Å². The Kier molecular flexibility index (Phi) is 10.1. The van der Waals surface area contributed by atoms with Crippen LogP contribution in [0.1, 0.15) is 38.5 Å². The maximum Gasteiger partial charge on any atom is 0.491 e. The van der Waals surface area contributed by atoms with E-state index in [0.717, 1.165) is 0 Å². The summed E-state index contributed by atoms with van der Waals surface area (Å²) in [7, 11) is -0.370. The van der Waals surface area contributed by atoms with Crippen molar-refractivity contribution in [2.75, 3.05) is 19.5 Å². The summed E-state index contributed by atoms with van der Waals surface area (Å²) in [4.78, 5) is 14.9. The molecule has 2 atom stereocenters. The minimum Gasteiger partial charge on any atom is -0.566 e. The second-order valence-electron chi connectivity index (χ2n) is 5.36. The Morgan fingerprint density at radius 3 is 2.07 bits per heavy atom. The number of benzene rings is 1. The highest BCUT2D eigenvalue weighted by Crippen LogP contribution is 2.40. The Morgan fingerprint density at radius 1 is 1.15 bits per heavy atom. The molecule has 2 rings (SSSR count). The molecular weight excluding hydrogens is 371 g/mol. The van der Waals surface area contributed by atoms with Crippen LogP contribution >= 0.6 is 8.25 Å². The topological polar surface area (TPSA) is 113 Å². The highest BCUT2D eigenvalue weighted by atomic mass is 31.1. The minimum absolute atomic E-state index is 0.130. The van der Waals surface area contributed by atoms with Crippen LogP contribution in [0.15, 0.2) is 36.7 Å². The number of nitrogens with zero attached hydrogens (tertiary/aromatic N) is 1. The molecule has 148 valence electrons. The largest absolute Gasteiger partial charge is 0.566 e. The molecule has 1 aromatic carbocycles. The van der Waals surface area contributed by atoms with Gasteiger partial charge in [0, 0.05) is 23.6 Å². The lowest BCUT2D eigenvalue weighted by Gasteiger charge is -2.18. The van der Waals surface area contributed by atoms with Gasteiger partial charge in [0.1, 0.15) is 0 Å². The van der Waals surface area contributed by atoms with Gasteiger partial charge < -0.3 is 24.8 Å². The lowest BCUT2D eigenvalue weighted by molar-refractivity contribution is -0.188. The Bertz CT molecular complexity index is 687. The van der Waals surface area contributed by atoms with Crippen LogP contribution in [0.25, 0.3) is 0 Å². The molecule has 1 heterocycles. The van der Waals surface area contributed by atoms with E-state index in [1.165, 1.54) is 39.2 Å². The fourth-order valence-corrected chi connectivity index (χ4v) is 2.27. The normalized spacial score (nSPS) is 11.7. The van der Waals surface area contributed by atoms with Crippen molar-refractivity contribution in [2.24, 2.45) is 0 Å². The fraction of sp³-hybridized carbons (Fsp3) is 0.389. The van der Waals surface area contributed by atoms with E-state index in [2.05, 4.69) is 24.1 Å². The molecular formula is C18H25N2O6P. The first-order chi connectivity index (χ1) is 13.0. The highest BCUT2D eigenvalue weighted by Gasteiger charge is 2.23. The zero-order chi connectivity index (χ0) is 20.2. The average molecular weight is 396 g/mol. The number of phenols is 1. The number of rotatable bonds is 8. The maximum absolute atomic E-state index is 11.0. The van der Waals surface area contributed by atoms with Crippen LogP contribution in [0.4, 0.5) is 5.69 Å². The summed E-state index contributed by atoms with van der Waals surface area (Å²) in [5.74, 6) is 0.0733. The number of aromatic nitrogens is 1. The molecule has 27 heavy (non-hydrogen) atoms. The summed E-state index contributed by atoms with van der Waals surface area (Å²) in [5, 5.41) is 12.8. The molecule has 1 aromatic heterocycles. The molecule has 0 amide bonds. The first-order valence-corrected chi connectivity index (χ1v) is 9.48. The van der Waals surface area contributed by atoms with Crippen molar-refractivity contribution in [3.63, 3.8) is 0 Å². The number of unbranched alkanes of at least 4 members (excludes halogenated alkanes) is 1. The summed E-state index contributed by atoms with van der Waals surface area (Å²) in [6.45, 7) is 4.36. The molecule has 0 aliphatic rings. The number of hydrogen-bond acceptors (Lipinski definition) is 8. The van der Waals surface area contributed by atoms with Gasteiger partial charge in [0.15, 0.2) is 11.5 Å². The molecule has 0 bridgehead atoms. The lowest BCUT2D eigenvalue weighted by atomic mass is 10.1. The molecule has 0 saturated carbocycles. The van der Waals surface area contributed by atoms with Gasteiger partial charge in [0.2, 0.25) is 12.0 Å². The van der Waals surface area contributed by atoms with Gasteiger partial charge in [-0.15, -0.1) is 4.52 Å². The standard InChI is InChI=1S/C14H15N2O6P.C4H10/c1-20-11-7-9(8-12(21-2)13(11)17)14(22-23(18)19)16-10-3-5-15-6-4-10;1-3-4-2/h3-8,14,17H,1-2H3,(H,15,16);3-4H2,1-2H3. The van der Waals surface area contributed by atoms with E-state index < -0.39 is 14.5 Å². The van der Waals surface area contributed by atoms with Crippen LogP contribution in [0.5, 0.6) is 17.2 Å². The first kappa shape index (κ1) is 22.6. The van der Waals surface area contributed by atoms with E-state index >= 15 is 0 Å². The summed E-state index contributed by atoms with van der Waals surface area (Å²) in [6.07, 6.45) is 4.71. The fourth-order valence-electron chi connectivity index (χ4n) is 1.92. The zero-order valence-corrected chi connectivity index (χ0v) is 16.7. The lowest BCUT2D eigenvalue weighted by Crippen LogP contribution is -2.14. The molecule has 0 radical (unpaired) electrons. The number of hydrogen-bond donors (Lipinski definition) is 2. The summed E-state index contributed by atoms with van der Waals surface area (Å²) in [5.41, 5.74) is 1.00. The van der Waals surface area contributed by atoms with Crippen LogP contribution in [-0.2, 0) is 9.09 Å². The van der Waals surface area contributed by atoms with Crippen LogP contribution < -0.4 is 19.7 Å². The van der Waals surface area contributed by atoms with E-state index in [4.69, 9.17) is 14.0 Å². The molecule has 2 aromatic rings. The third kappa shape index (κ3) is 7.38. The zero-order valence-electron chi connectivity index (χ0n) is 15.8. The van der Waals surface area contributed by atoms with Crippen molar-refractivity contribution in [2.45, 2.75) is 32.9 Å². The van der Waals surface area contributed by atoms with Crippen molar-refractivity contribution < 1.29 is 28.6 Å². The van der Waals surface area contributed by atoms with Crippen LogP contribution in [0, 0.1) is 0 Å². The first-order valence-electron chi connectivity index (χ1n) is 8.39. The third-order valence-corrected chi connectivity index (χ3v) is 3.86. The van der Waals surface area contributed by atoms with E-state index in [9.17, 15) is 14.6 Å². The Hall–Kier alpha value is -2.41. The van der Waals surface area contributed by atoms with Gasteiger partial charge in [0.05, 0.1) is 14.2 Å². The maximum atomic E-state index is 11.0. The Labute approximate surface area is 160 Å². The summed E-state index contributed by atoms with van der Waals surface area (Å²) >= 11 is 0. The quantitative estimate of drug-likeness (QED) is 0.512. The molecule has 0 spiro atoms. The molecule has 8 nitrogen and oxygen atoms in total. The number of methoxy groups -OCH3 is 2. The number of ether oxygens (including phenoxy) is 2. The van der Waals surface area contributed by atoms with Gasteiger partial charge in [-0.3, -0.25) is 4.98 Å². The molecule has 9 heteroatoms. The van der Waals surface area contributed by atoms with Crippen molar-refractivity contribution >= 4 is 13.9 Å². The third-order valence-electron chi connectivity index (χ3n) is 3.47. The van der Waals surface area contributed by atoms with Crippen LogP contribution in [-0.4, -0.2) is 24.3 Å². The van der Waals surface area contributed by atoms with Gasteiger partial charge in [-0.1, -0.05) is 26.7 Å². The number of pyridine rings is 1. The molecule has 2 unspecified atom stereocenters. The average Bonchev–Trinajstić information content (AvgIpc) is 2.68. The minimum atomic E-state index is -3.12. The van der Waals surface area contributed by atoms with Gasteiger partial charge in [-0.2, -0.15) is 0 Å². The number of aromatic hydroxyl groups is 1. The summed E-state index contributed by atoms with van der Waals surface area (Å²) in [6, 6.07) is 6.22. The smallest absolute Gasteiger partial charge is 0.491 e. The molecule has 2 N–H and O–H groups in total. The molecule has 0 aliphatic carbocycles. The predicted molar refractivity (Wildman–Crippen MR) is 101 cm³/mol. The predicted octanol–water partition coefficient (Wildman–Crippen LogP) is 3.76. The van der Waals surface area contributed by atoms with Crippen molar-refractivity contribution in [1.29, 1.82) is 0 Å². The molecule has 0 saturated heterocycles. The Morgan fingerprint density at radius 2 is 1.67 bits per heavy atom. The van der Waals surface area contributed by atoms with Crippen LogP contribution in [0.3, 0.4) is 0 Å². The number of nitrogens with one attached hydrogen (secondary N) is 1. The van der Waals surface area contributed by atoms with Crippen LogP contribution in [0.2, 0.25) is 0 Å². The SMILES string of the molecule is CCCC.COc1cc(C(Nc2ccncc2)O[P+](=O)[O-])cc(OC)c1O. The van der Waals surface area contributed by atoms with Gasteiger partial charge >= 0.3 is 8.25 Å². The monoisotopic (exact) mass is 396 g/mol. The van der Waals surface area contributed by atoms with Crippen molar-refractivity contribution in [1.82, 2.24) is 4.98 Å². The Balaban J connectivity index is 0.000000828. The van der Waals surface area contributed by atoms with Gasteiger partial charge in [-0.05, 0) is 28.8 Å². The van der Waals surface area contributed by atoms with E-state index in [1.807, 2.05) is 0 Å². The second-order valence-corrected chi connectivity index (χ2v) is 6.02. The number of anilines is 1. The van der Waals surface area contributed by atoms with Crippen molar-refractivity contribution in [3.8, 4) is 17.2 Å². The van der Waals surface area contributed by atoms with E-state index in [-0.39, 0.29) is 17.2 Å². The molecule has 0 fully saturated rings. The number of phenolic OH excluding ortho intramolecular Hbond substituents is 1. The summed E-state index contributed by atoms with van der Waals surface area (Å²) < 4.78 is 26.0. The second kappa shape index (κ2) is 12.1. The van der Waals surface area contributed by atoms with Gasteiger partial charge in [0.25, 0.3) is 0 Å². The molecule has 0 aliphatic heterocycles. The van der Waals surface area contributed by atoms with E-state index in [1.54, 1.807) is 24.5 Å². The highest BCUT2D eigenvalue weighted by molar-refractivity contribution is 7.30. The van der Waals surface area contributed by atoms with Crippen molar-refractivity contribution in [3.05, 3.63) is 42.2 Å².